The van der Waals surface area contributed by atoms with Crippen LogP contribution in [0.15, 0.2) is 72.4 Å². The Morgan fingerprint density at radius 2 is 1.47 bits per heavy atom. The average Bonchev–Trinajstić information content (AvgIpc) is 2.72. The van der Waals surface area contributed by atoms with E-state index in [2.05, 4.69) is 0 Å². The smallest absolute Gasteiger partial charge is 0.354 e. The number of hydrogen-bond acceptors (Lipinski definition) is 6. The van der Waals surface area contributed by atoms with Crippen LogP contribution in [-0.2, 0) is 19.1 Å². The Kier molecular flexibility index (Phi) is 8.69. The SMILES string of the molecule is CCOC(=O)C(=CC=C(C(=O)OCC)N(C)C)c1cccc(Oc2ccccc2)c1. The molecule has 30 heavy (non-hydrogen) atoms. The monoisotopic (exact) mass is 409 g/mol. The number of allylic oxidation sites excluding steroid dienone is 2. The van der Waals surface area contributed by atoms with Crippen LogP contribution in [0.25, 0.3) is 5.57 Å². The lowest BCUT2D eigenvalue weighted by Gasteiger charge is -2.15. The van der Waals surface area contributed by atoms with Crippen LogP contribution in [-0.4, -0.2) is 44.1 Å². The van der Waals surface area contributed by atoms with Crippen molar-refractivity contribution >= 4 is 17.5 Å². The molecule has 0 radical (unpaired) electrons. The highest BCUT2D eigenvalue weighted by molar-refractivity contribution is 6.17. The molecular weight excluding hydrogens is 382 g/mol. The van der Waals surface area contributed by atoms with Gasteiger partial charge in [-0.3, -0.25) is 0 Å². The lowest BCUT2D eigenvalue weighted by molar-refractivity contribution is -0.140. The van der Waals surface area contributed by atoms with Crippen LogP contribution < -0.4 is 4.74 Å². The number of hydrogen-bond donors (Lipinski definition) is 0. The Hall–Kier alpha value is -3.54. The molecular formula is C24H27NO5. The first-order valence-corrected chi connectivity index (χ1v) is 9.73. The number of carbonyl (C=O) groups excluding carboxylic acids is 2. The van der Waals surface area contributed by atoms with E-state index in [1.165, 1.54) is 0 Å². The summed E-state index contributed by atoms with van der Waals surface area (Å²) < 4.78 is 16.2. The predicted molar refractivity (Wildman–Crippen MR) is 116 cm³/mol. The zero-order chi connectivity index (χ0) is 21.9. The van der Waals surface area contributed by atoms with Crippen molar-refractivity contribution in [2.75, 3.05) is 27.3 Å². The number of para-hydroxylation sites is 1. The summed E-state index contributed by atoms with van der Waals surface area (Å²) in [6, 6.07) is 16.5. The molecule has 0 amide bonds. The van der Waals surface area contributed by atoms with E-state index < -0.39 is 11.9 Å². The third-order valence-corrected chi connectivity index (χ3v) is 3.99. The predicted octanol–water partition coefficient (Wildman–Crippen LogP) is 4.43. The summed E-state index contributed by atoms with van der Waals surface area (Å²) in [7, 11) is 3.46. The fourth-order valence-electron chi connectivity index (χ4n) is 2.61. The first-order valence-electron chi connectivity index (χ1n) is 9.73. The molecule has 0 unspecified atom stereocenters. The van der Waals surface area contributed by atoms with Crippen molar-refractivity contribution in [3.05, 3.63) is 78.0 Å². The third kappa shape index (κ3) is 6.51. The van der Waals surface area contributed by atoms with Crippen LogP contribution >= 0.6 is 0 Å². The minimum Gasteiger partial charge on any atom is -0.462 e. The van der Waals surface area contributed by atoms with Crippen LogP contribution in [0, 0.1) is 0 Å². The third-order valence-electron chi connectivity index (χ3n) is 3.99. The summed E-state index contributed by atoms with van der Waals surface area (Å²) in [5, 5.41) is 0. The molecule has 0 bridgehead atoms. The van der Waals surface area contributed by atoms with Gasteiger partial charge in [-0.1, -0.05) is 30.3 Å². The molecule has 0 saturated carbocycles. The minimum atomic E-state index is -0.493. The van der Waals surface area contributed by atoms with Gasteiger partial charge >= 0.3 is 11.9 Å². The summed E-state index contributed by atoms with van der Waals surface area (Å²) in [6.07, 6.45) is 3.11. The van der Waals surface area contributed by atoms with Crippen molar-refractivity contribution in [2.45, 2.75) is 13.8 Å². The summed E-state index contributed by atoms with van der Waals surface area (Å²) in [4.78, 5) is 26.4. The zero-order valence-electron chi connectivity index (χ0n) is 17.8. The van der Waals surface area contributed by atoms with Gasteiger partial charge in [-0.05, 0) is 55.8 Å². The van der Waals surface area contributed by atoms with Crippen LogP contribution in [0.3, 0.4) is 0 Å². The summed E-state index contributed by atoms with van der Waals surface area (Å²) >= 11 is 0. The van der Waals surface area contributed by atoms with Gasteiger partial charge in [0.1, 0.15) is 17.2 Å². The molecule has 0 aliphatic rings. The maximum atomic E-state index is 12.6. The largest absolute Gasteiger partial charge is 0.462 e. The van der Waals surface area contributed by atoms with Gasteiger partial charge in [-0.15, -0.1) is 0 Å². The van der Waals surface area contributed by atoms with E-state index in [9.17, 15) is 9.59 Å². The maximum Gasteiger partial charge on any atom is 0.354 e. The molecule has 0 heterocycles. The molecule has 0 aliphatic carbocycles. The van der Waals surface area contributed by atoms with Crippen molar-refractivity contribution in [3.63, 3.8) is 0 Å². The number of rotatable bonds is 9. The fraction of sp³-hybridized carbons (Fsp3) is 0.250. The Bertz CT molecular complexity index is 916. The molecule has 0 saturated heterocycles. The number of benzene rings is 2. The van der Waals surface area contributed by atoms with Gasteiger partial charge in [0.25, 0.3) is 0 Å². The first kappa shape index (κ1) is 22.7. The number of nitrogens with zero attached hydrogens (tertiary/aromatic N) is 1. The van der Waals surface area contributed by atoms with E-state index in [0.29, 0.717) is 28.3 Å². The van der Waals surface area contributed by atoms with Crippen molar-refractivity contribution in [1.29, 1.82) is 0 Å². The lowest BCUT2D eigenvalue weighted by atomic mass is 10.0. The number of esters is 2. The molecule has 0 atom stereocenters. The van der Waals surface area contributed by atoms with Crippen molar-refractivity contribution in [2.24, 2.45) is 0 Å². The fourth-order valence-corrected chi connectivity index (χ4v) is 2.61. The Balaban J connectivity index is 2.42. The summed E-state index contributed by atoms with van der Waals surface area (Å²) in [6.45, 7) is 3.98. The molecule has 2 aromatic rings. The zero-order valence-corrected chi connectivity index (χ0v) is 17.8. The van der Waals surface area contributed by atoms with Gasteiger partial charge in [0, 0.05) is 14.1 Å². The second-order valence-corrected chi connectivity index (χ2v) is 6.41. The molecule has 0 N–H and O–H groups in total. The van der Waals surface area contributed by atoms with Crippen molar-refractivity contribution in [1.82, 2.24) is 4.90 Å². The quantitative estimate of drug-likeness (QED) is 0.347. The van der Waals surface area contributed by atoms with E-state index in [1.54, 1.807) is 69.3 Å². The first-order chi connectivity index (χ1) is 14.5. The Labute approximate surface area is 177 Å². The highest BCUT2D eigenvalue weighted by Gasteiger charge is 2.16. The topological polar surface area (TPSA) is 65.1 Å². The van der Waals surface area contributed by atoms with E-state index in [0.717, 1.165) is 0 Å². The second-order valence-electron chi connectivity index (χ2n) is 6.41. The van der Waals surface area contributed by atoms with E-state index in [-0.39, 0.29) is 13.2 Å². The van der Waals surface area contributed by atoms with Gasteiger partial charge < -0.3 is 19.1 Å². The summed E-state index contributed by atoms with van der Waals surface area (Å²) in [5.74, 6) is 0.306. The number of ether oxygens (including phenoxy) is 3. The molecule has 6 heteroatoms. The number of likely N-dealkylation sites (N-methyl/N-ethyl adjacent to an activating group) is 1. The highest BCUT2D eigenvalue weighted by Crippen LogP contribution is 2.26. The molecule has 158 valence electrons. The van der Waals surface area contributed by atoms with Crippen molar-refractivity contribution < 1.29 is 23.8 Å². The maximum absolute atomic E-state index is 12.6. The van der Waals surface area contributed by atoms with E-state index in [4.69, 9.17) is 14.2 Å². The van der Waals surface area contributed by atoms with Gasteiger partial charge in [-0.25, -0.2) is 9.59 Å². The van der Waals surface area contributed by atoms with Crippen LogP contribution in [0.4, 0.5) is 0 Å². The van der Waals surface area contributed by atoms with E-state index in [1.807, 2.05) is 30.3 Å². The molecule has 6 nitrogen and oxygen atoms in total. The normalized spacial score (nSPS) is 11.6. The molecule has 0 aromatic heterocycles. The average molecular weight is 409 g/mol. The van der Waals surface area contributed by atoms with E-state index >= 15 is 0 Å². The Morgan fingerprint density at radius 3 is 2.10 bits per heavy atom. The van der Waals surface area contributed by atoms with Crippen molar-refractivity contribution in [3.8, 4) is 11.5 Å². The summed E-state index contributed by atoms with van der Waals surface area (Å²) in [5.41, 5.74) is 1.23. The van der Waals surface area contributed by atoms with Crippen LogP contribution in [0.2, 0.25) is 0 Å². The number of carbonyl (C=O) groups is 2. The standard InChI is InChI=1S/C24H27NO5/c1-5-28-23(26)21(15-16-22(25(3)4)24(27)29-6-2)18-11-10-14-20(17-18)30-19-12-8-7-9-13-19/h7-17H,5-6H2,1-4H3. The lowest BCUT2D eigenvalue weighted by Crippen LogP contribution is -2.21. The molecule has 2 rings (SSSR count). The van der Waals surface area contributed by atoms with Crippen LogP contribution in [0.1, 0.15) is 19.4 Å². The molecule has 0 aliphatic heterocycles. The molecule has 2 aromatic carbocycles. The molecule has 0 fully saturated rings. The van der Waals surface area contributed by atoms with Gasteiger partial charge in [0.15, 0.2) is 0 Å². The Morgan fingerprint density at radius 1 is 0.833 bits per heavy atom. The second kappa shape index (κ2) is 11.5. The van der Waals surface area contributed by atoms with Gasteiger partial charge in [0.2, 0.25) is 0 Å². The molecule has 0 spiro atoms. The highest BCUT2D eigenvalue weighted by atomic mass is 16.5. The van der Waals surface area contributed by atoms with Gasteiger partial charge in [-0.2, -0.15) is 0 Å². The minimum absolute atomic E-state index is 0.235. The van der Waals surface area contributed by atoms with Gasteiger partial charge in [0.05, 0.1) is 18.8 Å². The van der Waals surface area contributed by atoms with Crippen LogP contribution in [0.5, 0.6) is 11.5 Å².